The van der Waals surface area contributed by atoms with Crippen LogP contribution < -0.4 is 9.04 Å². The number of nitrogens with zero attached hydrogens (tertiary/aromatic N) is 2. The fraction of sp³-hybridized carbons (Fsp3) is 0.500. The lowest BCUT2D eigenvalue weighted by atomic mass is 10.4. The fourth-order valence-electron chi connectivity index (χ4n) is 1.23. The summed E-state index contributed by atoms with van der Waals surface area (Å²) < 4.78 is 66.4. The minimum Gasteiger partial charge on any atom is -0.481 e. The van der Waals surface area contributed by atoms with Crippen LogP contribution in [0.15, 0.2) is 18.2 Å². The van der Waals surface area contributed by atoms with Gasteiger partial charge in [-0.15, -0.1) is 0 Å². The first-order chi connectivity index (χ1) is 8.60. The van der Waals surface area contributed by atoms with Crippen LogP contribution in [0.2, 0.25) is 0 Å². The Morgan fingerprint density at radius 1 is 1.37 bits per heavy atom. The van der Waals surface area contributed by atoms with Crippen LogP contribution in [0.4, 0.5) is 19.0 Å². The lowest BCUT2D eigenvalue weighted by Gasteiger charge is -2.24. The van der Waals surface area contributed by atoms with Gasteiger partial charge in [-0.25, -0.2) is 8.42 Å². The summed E-state index contributed by atoms with van der Waals surface area (Å²) in [5, 5.41) is -2.52. The van der Waals surface area contributed by atoms with E-state index in [-0.39, 0.29) is 11.7 Å². The molecule has 0 spiro atoms. The average Bonchev–Trinajstić information content (AvgIpc) is 2.35. The lowest BCUT2D eigenvalue weighted by molar-refractivity contribution is -0.126. The molecule has 1 aromatic rings. The molecule has 0 unspecified atom stereocenters. The Morgan fingerprint density at radius 2 is 1.95 bits per heavy atom. The van der Waals surface area contributed by atoms with E-state index in [1.54, 1.807) is 0 Å². The second kappa shape index (κ2) is 5.24. The van der Waals surface area contributed by atoms with E-state index in [1.807, 2.05) is 0 Å². The van der Waals surface area contributed by atoms with Gasteiger partial charge in [-0.05, 0) is 13.0 Å². The van der Waals surface area contributed by atoms with Crippen molar-refractivity contribution in [2.45, 2.75) is 18.3 Å². The molecule has 0 aliphatic rings. The number of sulfonamides is 1. The van der Waals surface area contributed by atoms with Gasteiger partial charge in [0.2, 0.25) is 15.9 Å². The normalized spacial score (nSPS) is 14.0. The van der Waals surface area contributed by atoms with Crippen molar-refractivity contribution in [3.63, 3.8) is 0 Å². The standard InChI is InChI=1S/C10H13F3N2O3S/c1-7(10(11,12)13)19(16,17)15(2)8-5-4-6-9(14-8)18-3/h4-7H,1-3H3/t7-/m0/s1. The number of alkyl halides is 3. The number of ether oxygens (including phenoxy) is 1. The first-order valence-electron chi connectivity index (χ1n) is 5.16. The van der Waals surface area contributed by atoms with E-state index in [4.69, 9.17) is 4.74 Å². The molecule has 0 saturated carbocycles. The third kappa shape index (κ3) is 3.28. The fourth-order valence-corrected chi connectivity index (χ4v) is 2.40. The molecule has 1 heterocycles. The van der Waals surface area contributed by atoms with Gasteiger partial charge in [0.25, 0.3) is 0 Å². The van der Waals surface area contributed by atoms with E-state index in [2.05, 4.69) is 4.98 Å². The smallest absolute Gasteiger partial charge is 0.407 e. The molecule has 1 atom stereocenters. The Labute approximate surface area is 109 Å². The highest BCUT2D eigenvalue weighted by molar-refractivity contribution is 7.93. The predicted octanol–water partition coefficient (Wildman–Crippen LogP) is 1.81. The molecule has 0 bridgehead atoms. The van der Waals surface area contributed by atoms with Crippen molar-refractivity contribution in [2.75, 3.05) is 18.5 Å². The number of aromatic nitrogens is 1. The van der Waals surface area contributed by atoms with Crippen LogP contribution in [-0.4, -0.2) is 39.0 Å². The molecule has 108 valence electrons. The van der Waals surface area contributed by atoms with E-state index in [0.29, 0.717) is 11.2 Å². The van der Waals surface area contributed by atoms with E-state index >= 15 is 0 Å². The Bertz CT molecular complexity index is 545. The van der Waals surface area contributed by atoms with Crippen LogP contribution in [0.3, 0.4) is 0 Å². The van der Waals surface area contributed by atoms with Gasteiger partial charge in [0.1, 0.15) is 5.82 Å². The summed E-state index contributed by atoms with van der Waals surface area (Å²) in [6.07, 6.45) is -4.84. The molecule has 0 fully saturated rings. The molecule has 0 aliphatic heterocycles. The third-order valence-electron chi connectivity index (χ3n) is 2.53. The first kappa shape index (κ1) is 15.5. The number of halogens is 3. The van der Waals surface area contributed by atoms with E-state index in [9.17, 15) is 21.6 Å². The molecule has 0 radical (unpaired) electrons. The monoisotopic (exact) mass is 298 g/mol. The first-order valence-corrected chi connectivity index (χ1v) is 6.66. The largest absolute Gasteiger partial charge is 0.481 e. The van der Waals surface area contributed by atoms with Crippen LogP contribution in [-0.2, 0) is 10.0 Å². The van der Waals surface area contributed by atoms with Gasteiger partial charge in [-0.3, -0.25) is 4.31 Å². The maximum absolute atomic E-state index is 12.5. The highest BCUT2D eigenvalue weighted by Gasteiger charge is 2.47. The van der Waals surface area contributed by atoms with Crippen LogP contribution in [0.1, 0.15) is 6.92 Å². The Kier molecular flexibility index (Phi) is 4.28. The zero-order chi connectivity index (χ0) is 14.8. The lowest BCUT2D eigenvalue weighted by Crippen LogP contribution is -2.43. The number of hydrogen-bond donors (Lipinski definition) is 0. The van der Waals surface area contributed by atoms with Crippen LogP contribution >= 0.6 is 0 Å². The van der Waals surface area contributed by atoms with Crippen LogP contribution in [0.5, 0.6) is 5.88 Å². The summed E-state index contributed by atoms with van der Waals surface area (Å²) in [4.78, 5) is 3.78. The van der Waals surface area contributed by atoms with Crippen molar-refractivity contribution in [3.05, 3.63) is 18.2 Å². The van der Waals surface area contributed by atoms with Crippen molar-refractivity contribution in [2.24, 2.45) is 0 Å². The summed E-state index contributed by atoms with van der Waals surface area (Å²) in [7, 11) is -2.25. The highest BCUT2D eigenvalue weighted by atomic mass is 32.2. The van der Waals surface area contributed by atoms with Gasteiger partial charge in [-0.1, -0.05) is 6.07 Å². The predicted molar refractivity (Wildman–Crippen MR) is 63.6 cm³/mol. The number of rotatable bonds is 4. The summed E-state index contributed by atoms with van der Waals surface area (Å²) >= 11 is 0. The summed E-state index contributed by atoms with van der Waals surface area (Å²) in [5.41, 5.74) is 0. The highest BCUT2D eigenvalue weighted by Crippen LogP contribution is 2.29. The molecule has 1 rings (SSSR count). The number of anilines is 1. The molecule has 9 heteroatoms. The maximum Gasteiger partial charge on any atom is 0.407 e. The van der Waals surface area contributed by atoms with Gasteiger partial charge in [0.05, 0.1) is 7.11 Å². The minimum atomic E-state index is -4.84. The molecule has 19 heavy (non-hydrogen) atoms. The third-order valence-corrected chi connectivity index (χ3v) is 4.64. The molecular weight excluding hydrogens is 285 g/mol. The molecule has 0 amide bonds. The second-order valence-electron chi connectivity index (χ2n) is 3.73. The quantitative estimate of drug-likeness (QED) is 0.850. The van der Waals surface area contributed by atoms with Crippen molar-refractivity contribution in [1.82, 2.24) is 4.98 Å². The van der Waals surface area contributed by atoms with Gasteiger partial charge in [0, 0.05) is 13.1 Å². The average molecular weight is 298 g/mol. The molecular formula is C10H13F3N2O3S. The van der Waals surface area contributed by atoms with Crippen molar-refractivity contribution < 1.29 is 26.3 Å². The van der Waals surface area contributed by atoms with Gasteiger partial charge in [-0.2, -0.15) is 18.2 Å². The zero-order valence-electron chi connectivity index (χ0n) is 10.5. The Balaban J connectivity index is 3.14. The molecule has 0 N–H and O–H groups in total. The molecule has 1 aromatic heterocycles. The van der Waals surface area contributed by atoms with E-state index in [1.165, 1.54) is 25.3 Å². The second-order valence-corrected chi connectivity index (χ2v) is 6.02. The summed E-state index contributed by atoms with van der Waals surface area (Å²) in [6.45, 7) is 0.589. The molecule has 0 saturated heterocycles. The molecule has 5 nitrogen and oxygen atoms in total. The van der Waals surface area contributed by atoms with Gasteiger partial charge < -0.3 is 4.74 Å². The zero-order valence-corrected chi connectivity index (χ0v) is 11.3. The van der Waals surface area contributed by atoms with Crippen molar-refractivity contribution >= 4 is 15.8 Å². The van der Waals surface area contributed by atoms with Crippen molar-refractivity contribution in [3.8, 4) is 5.88 Å². The SMILES string of the molecule is COc1cccc(N(C)S(=O)(=O)[C@@H](C)C(F)(F)F)n1. The Hall–Kier alpha value is -1.51. The molecule has 0 aliphatic carbocycles. The molecule has 0 aromatic carbocycles. The van der Waals surface area contributed by atoms with Crippen LogP contribution in [0.25, 0.3) is 0 Å². The number of pyridine rings is 1. The Morgan fingerprint density at radius 3 is 2.42 bits per heavy atom. The minimum absolute atomic E-state index is 0.110. The number of methoxy groups -OCH3 is 1. The van der Waals surface area contributed by atoms with Gasteiger partial charge in [0.15, 0.2) is 5.25 Å². The van der Waals surface area contributed by atoms with E-state index < -0.39 is 21.4 Å². The van der Waals surface area contributed by atoms with Crippen LogP contribution in [0, 0.1) is 0 Å². The van der Waals surface area contributed by atoms with E-state index in [0.717, 1.165) is 7.05 Å². The summed E-state index contributed by atoms with van der Waals surface area (Å²) in [5.74, 6) is -0.0327. The maximum atomic E-state index is 12.5. The summed E-state index contributed by atoms with van der Waals surface area (Å²) in [6, 6.07) is 4.17. The van der Waals surface area contributed by atoms with Crippen molar-refractivity contribution in [1.29, 1.82) is 0 Å². The topological polar surface area (TPSA) is 59.5 Å². The number of hydrogen-bond acceptors (Lipinski definition) is 4. The van der Waals surface area contributed by atoms with Gasteiger partial charge >= 0.3 is 6.18 Å².